The largest absolute Gasteiger partial charge is 0.352 e. The van der Waals surface area contributed by atoms with Crippen molar-refractivity contribution in [1.82, 2.24) is 10.3 Å². The number of thioether (sulfide) groups is 1. The average molecular weight is 370 g/mol. The molecular weight excluding hydrogens is 348 g/mol. The van der Waals surface area contributed by atoms with Crippen molar-refractivity contribution < 1.29 is 9.59 Å². The van der Waals surface area contributed by atoms with Crippen molar-refractivity contribution in [2.24, 2.45) is 0 Å². The lowest BCUT2D eigenvalue weighted by Crippen LogP contribution is -2.39. The fourth-order valence-electron chi connectivity index (χ4n) is 2.96. The van der Waals surface area contributed by atoms with Crippen molar-refractivity contribution >= 4 is 35.1 Å². The number of urea groups is 1. The van der Waals surface area contributed by atoms with E-state index in [1.54, 1.807) is 40.9 Å². The van der Waals surface area contributed by atoms with Crippen LogP contribution in [0.1, 0.15) is 28.5 Å². The molecule has 0 unspecified atom stereocenters. The summed E-state index contributed by atoms with van der Waals surface area (Å²) >= 11 is 1.67. The van der Waals surface area contributed by atoms with Crippen molar-refractivity contribution in [1.29, 1.82) is 0 Å². The van der Waals surface area contributed by atoms with Crippen LogP contribution in [0.5, 0.6) is 0 Å². The Kier molecular flexibility index (Phi) is 5.46. The lowest BCUT2D eigenvalue weighted by Gasteiger charge is -2.30. The second kappa shape index (κ2) is 7.78. The number of fused-ring (bicyclic) bond motifs is 1. The predicted octanol–water partition coefficient (Wildman–Crippen LogP) is 3.59. The van der Waals surface area contributed by atoms with E-state index in [9.17, 15) is 9.59 Å². The topological polar surface area (TPSA) is 74.3 Å². The molecule has 0 saturated heterocycles. The summed E-state index contributed by atoms with van der Waals surface area (Å²) in [5.41, 5.74) is 3.96. The molecule has 0 spiro atoms. The fourth-order valence-corrected chi connectivity index (χ4v) is 4.05. The number of benzene rings is 1. The summed E-state index contributed by atoms with van der Waals surface area (Å²) in [6.07, 6.45) is 0. The van der Waals surface area contributed by atoms with Crippen molar-refractivity contribution in [3.8, 4) is 0 Å². The van der Waals surface area contributed by atoms with Crippen LogP contribution < -0.4 is 15.5 Å². The maximum absolute atomic E-state index is 12.9. The highest BCUT2D eigenvalue weighted by molar-refractivity contribution is 7.99. The molecule has 1 aliphatic rings. The van der Waals surface area contributed by atoms with Gasteiger partial charge in [-0.15, -0.1) is 11.8 Å². The summed E-state index contributed by atoms with van der Waals surface area (Å²) in [6, 6.07) is 8.72. The van der Waals surface area contributed by atoms with E-state index in [4.69, 9.17) is 0 Å². The summed E-state index contributed by atoms with van der Waals surface area (Å²) in [4.78, 5) is 31.1. The number of carbonyl (C=O) groups is 2. The number of rotatable bonds is 3. The van der Waals surface area contributed by atoms with Gasteiger partial charge in [-0.2, -0.15) is 0 Å². The Morgan fingerprint density at radius 1 is 1.27 bits per heavy atom. The zero-order valence-electron chi connectivity index (χ0n) is 15.1. The maximum atomic E-state index is 12.9. The molecule has 1 aliphatic heterocycles. The highest BCUT2D eigenvalue weighted by atomic mass is 32.2. The molecule has 0 aliphatic carbocycles. The molecule has 3 rings (SSSR count). The molecule has 0 bridgehead atoms. The van der Waals surface area contributed by atoms with Crippen molar-refractivity contribution in [2.75, 3.05) is 29.1 Å². The number of hydrogen-bond donors (Lipinski definition) is 2. The molecule has 6 nitrogen and oxygen atoms in total. The molecule has 0 fully saturated rings. The number of aromatic nitrogens is 1. The second-order valence-corrected chi connectivity index (χ2v) is 7.19. The molecule has 3 amide bonds. The third-order valence-electron chi connectivity index (χ3n) is 4.06. The van der Waals surface area contributed by atoms with E-state index < -0.39 is 0 Å². The molecule has 2 heterocycles. The molecule has 0 radical (unpaired) electrons. The smallest absolute Gasteiger partial charge is 0.326 e. The molecule has 1 aromatic heterocycles. The number of nitrogens with one attached hydrogen (secondary N) is 2. The quantitative estimate of drug-likeness (QED) is 0.866. The Morgan fingerprint density at radius 2 is 2.08 bits per heavy atom. The van der Waals surface area contributed by atoms with Gasteiger partial charge in [-0.05, 0) is 50.6 Å². The van der Waals surface area contributed by atoms with E-state index in [0.29, 0.717) is 24.3 Å². The monoisotopic (exact) mass is 370 g/mol. The molecule has 2 N–H and O–H groups in total. The van der Waals surface area contributed by atoms with Crippen LogP contribution in [-0.2, 0) is 0 Å². The van der Waals surface area contributed by atoms with Crippen LogP contribution in [-0.4, -0.2) is 35.8 Å². The molecule has 136 valence electrons. The van der Waals surface area contributed by atoms with Crippen LogP contribution >= 0.6 is 11.8 Å². The molecular formula is C19H22N4O2S. The molecule has 1 aromatic carbocycles. The minimum atomic E-state index is -0.214. The Hall–Kier alpha value is -2.54. The number of pyridine rings is 1. The molecule has 26 heavy (non-hydrogen) atoms. The third kappa shape index (κ3) is 3.83. The lowest BCUT2D eigenvalue weighted by atomic mass is 10.2. The summed E-state index contributed by atoms with van der Waals surface area (Å²) in [5.74, 6) is 0.647. The number of anilines is 2. The normalized spacial score (nSPS) is 13.1. The van der Waals surface area contributed by atoms with Crippen LogP contribution in [0.4, 0.5) is 16.2 Å². The zero-order valence-corrected chi connectivity index (χ0v) is 15.9. The van der Waals surface area contributed by atoms with E-state index in [2.05, 4.69) is 15.6 Å². The Morgan fingerprint density at radius 3 is 2.85 bits per heavy atom. The minimum Gasteiger partial charge on any atom is -0.352 e. The lowest BCUT2D eigenvalue weighted by molar-refractivity contribution is 0.0956. The number of nitrogens with zero attached hydrogens (tertiary/aromatic N) is 2. The average Bonchev–Trinajstić information content (AvgIpc) is 2.61. The zero-order chi connectivity index (χ0) is 18.7. The fraction of sp³-hybridized carbons (Fsp3) is 0.316. The van der Waals surface area contributed by atoms with Crippen molar-refractivity contribution in [3.05, 3.63) is 47.2 Å². The maximum Gasteiger partial charge on any atom is 0.326 e. The van der Waals surface area contributed by atoms with E-state index in [1.165, 1.54) is 0 Å². The van der Waals surface area contributed by atoms with Gasteiger partial charge in [-0.3, -0.25) is 9.69 Å². The Bertz CT molecular complexity index is 853. The van der Waals surface area contributed by atoms with Gasteiger partial charge in [0.2, 0.25) is 0 Å². The van der Waals surface area contributed by atoms with Gasteiger partial charge in [0.25, 0.3) is 5.91 Å². The number of amides is 3. The standard InChI is InChI=1S/C19H22N4O2S/c1-4-20-17(24)14-6-5-7-15(11-14)22-19(25)23-8-9-26-18-16(23)12(2)10-13(3)21-18/h5-7,10-11H,4,8-9H2,1-3H3,(H,20,24)(H,22,25). The summed E-state index contributed by atoms with van der Waals surface area (Å²) in [6.45, 7) is 7.00. The predicted molar refractivity (Wildman–Crippen MR) is 105 cm³/mol. The van der Waals surface area contributed by atoms with Crippen molar-refractivity contribution in [2.45, 2.75) is 25.8 Å². The van der Waals surface area contributed by atoms with Gasteiger partial charge in [0, 0.05) is 35.8 Å². The minimum absolute atomic E-state index is 0.154. The van der Waals surface area contributed by atoms with E-state index in [1.807, 2.05) is 26.8 Å². The van der Waals surface area contributed by atoms with Gasteiger partial charge in [0.05, 0.1) is 5.69 Å². The van der Waals surface area contributed by atoms with Gasteiger partial charge in [-0.1, -0.05) is 6.07 Å². The van der Waals surface area contributed by atoms with Crippen LogP contribution in [0.3, 0.4) is 0 Å². The van der Waals surface area contributed by atoms with Gasteiger partial charge in [0.1, 0.15) is 5.03 Å². The van der Waals surface area contributed by atoms with E-state index >= 15 is 0 Å². The SMILES string of the molecule is CCNC(=O)c1cccc(NC(=O)N2CCSc3nc(C)cc(C)c32)c1. The number of carbonyl (C=O) groups excluding carboxylic acids is 2. The van der Waals surface area contributed by atoms with E-state index in [0.717, 1.165) is 27.7 Å². The highest BCUT2D eigenvalue weighted by Gasteiger charge is 2.26. The molecule has 2 aromatic rings. The molecule has 7 heteroatoms. The third-order valence-corrected chi connectivity index (χ3v) is 5.01. The second-order valence-electron chi connectivity index (χ2n) is 6.10. The first kappa shape index (κ1) is 18.3. The summed E-state index contributed by atoms with van der Waals surface area (Å²) in [5, 5.41) is 6.55. The number of aryl methyl sites for hydroxylation is 2. The van der Waals surface area contributed by atoms with Gasteiger partial charge < -0.3 is 10.6 Å². The Labute approximate surface area is 157 Å². The highest BCUT2D eigenvalue weighted by Crippen LogP contribution is 2.36. The van der Waals surface area contributed by atoms with Gasteiger partial charge in [-0.25, -0.2) is 9.78 Å². The van der Waals surface area contributed by atoms with Crippen LogP contribution in [0.25, 0.3) is 0 Å². The van der Waals surface area contributed by atoms with Crippen LogP contribution in [0.15, 0.2) is 35.4 Å². The van der Waals surface area contributed by atoms with Crippen LogP contribution in [0.2, 0.25) is 0 Å². The first-order valence-electron chi connectivity index (χ1n) is 8.57. The first-order chi connectivity index (χ1) is 12.5. The molecule has 0 saturated carbocycles. The first-order valence-corrected chi connectivity index (χ1v) is 9.56. The Balaban J connectivity index is 1.82. The molecule has 0 atom stereocenters. The summed E-state index contributed by atoms with van der Waals surface area (Å²) < 4.78 is 0. The van der Waals surface area contributed by atoms with Crippen LogP contribution in [0, 0.1) is 13.8 Å². The van der Waals surface area contributed by atoms with Crippen molar-refractivity contribution in [3.63, 3.8) is 0 Å². The van der Waals surface area contributed by atoms with Gasteiger partial charge in [0.15, 0.2) is 0 Å². The van der Waals surface area contributed by atoms with Gasteiger partial charge >= 0.3 is 6.03 Å². The van der Waals surface area contributed by atoms with E-state index in [-0.39, 0.29) is 11.9 Å². The number of hydrogen-bond acceptors (Lipinski definition) is 4. The summed E-state index contributed by atoms with van der Waals surface area (Å²) in [7, 11) is 0.